The number of hydrogen-bond acceptors (Lipinski definition) is 5. The van der Waals surface area contributed by atoms with Gasteiger partial charge in [-0.1, -0.05) is 24.3 Å². The number of aromatic nitrogens is 4. The summed E-state index contributed by atoms with van der Waals surface area (Å²) in [7, 11) is 1.84. The van der Waals surface area contributed by atoms with E-state index >= 15 is 0 Å². The van der Waals surface area contributed by atoms with Crippen molar-refractivity contribution in [3.63, 3.8) is 0 Å². The van der Waals surface area contributed by atoms with Gasteiger partial charge >= 0.3 is 0 Å². The lowest BCUT2D eigenvalue weighted by molar-refractivity contribution is -0.132. The lowest BCUT2D eigenvalue weighted by atomic mass is 9.99. The first kappa shape index (κ1) is 16.5. The van der Waals surface area contributed by atoms with Crippen LogP contribution in [0, 0.1) is 6.92 Å². The van der Waals surface area contributed by atoms with E-state index in [1.165, 1.54) is 11.1 Å². The molecule has 0 unspecified atom stereocenters. The fourth-order valence-electron chi connectivity index (χ4n) is 3.35. The summed E-state index contributed by atoms with van der Waals surface area (Å²) in [4.78, 5) is 14.4. The van der Waals surface area contributed by atoms with Crippen molar-refractivity contribution in [3.8, 4) is 11.6 Å². The molecular weight excluding hydrogens is 330 g/mol. The van der Waals surface area contributed by atoms with E-state index in [0.29, 0.717) is 31.2 Å². The van der Waals surface area contributed by atoms with Crippen LogP contribution in [0.4, 0.5) is 0 Å². The number of rotatable bonds is 4. The summed E-state index contributed by atoms with van der Waals surface area (Å²) in [5.41, 5.74) is 4.24. The molecule has 0 saturated heterocycles. The number of aryl methyl sites for hydroxylation is 3. The molecule has 0 aliphatic carbocycles. The monoisotopic (exact) mass is 351 g/mol. The SMILES string of the molecule is Cc1cc(-c2nnc(CCC(=O)N3CCc4ccccc4C3)o2)n(C)n1. The van der Waals surface area contributed by atoms with Crippen LogP contribution in [0.2, 0.25) is 0 Å². The highest BCUT2D eigenvalue weighted by molar-refractivity contribution is 5.76. The Kier molecular flexibility index (Phi) is 4.28. The number of hydrogen-bond donors (Lipinski definition) is 0. The van der Waals surface area contributed by atoms with Gasteiger partial charge in [-0.25, -0.2) is 0 Å². The molecule has 1 aliphatic rings. The minimum atomic E-state index is 0.121. The van der Waals surface area contributed by atoms with Gasteiger partial charge in [0, 0.05) is 33.0 Å². The molecule has 0 spiro atoms. The van der Waals surface area contributed by atoms with E-state index in [-0.39, 0.29) is 5.91 Å². The van der Waals surface area contributed by atoms with Crippen molar-refractivity contribution in [1.29, 1.82) is 0 Å². The molecule has 0 saturated carbocycles. The molecule has 4 rings (SSSR count). The molecule has 7 nitrogen and oxygen atoms in total. The topological polar surface area (TPSA) is 77.0 Å². The molecule has 0 atom stereocenters. The van der Waals surface area contributed by atoms with Gasteiger partial charge in [-0.15, -0.1) is 10.2 Å². The van der Waals surface area contributed by atoms with E-state index in [1.807, 2.05) is 37.1 Å². The molecule has 3 aromatic rings. The van der Waals surface area contributed by atoms with Gasteiger partial charge in [0.1, 0.15) is 5.69 Å². The van der Waals surface area contributed by atoms with Gasteiger partial charge in [0.15, 0.2) is 0 Å². The number of carbonyl (C=O) groups excluding carboxylic acids is 1. The predicted octanol–water partition coefficient (Wildman–Crippen LogP) is 2.30. The zero-order valence-electron chi connectivity index (χ0n) is 15.0. The fraction of sp³-hybridized carbons (Fsp3) is 0.368. The molecule has 0 bridgehead atoms. The van der Waals surface area contributed by atoms with E-state index in [4.69, 9.17) is 4.42 Å². The molecule has 1 aliphatic heterocycles. The van der Waals surface area contributed by atoms with E-state index in [0.717, 1.165) is 24.4 Å². The summed E-state index contributed by atoms with van der Waals surface area (Å²) in [6.45, 7) is 3.35. The normalized spacial score (nSPS) is 13.7. The van der Waals surface area contributed by atoms with Gasteiger partial charge in [0.25, 0.3) is 5.89 Å². The van der Waals surface area contributed by atoms with Crippen molar-refractivity contribution in [2.45, 2.75) is 32.7 Å². The van der Waals surface area contributed by atoms with Crippen LogP contribution in [0.3, 0.4) is 0 Å². The minimum Gasteiger partial charge on any atom is -0.419 e. The Morgan fingerprint density at radius 3 is 2.81 bits per heavy atom. The zero-order chi connectivity index (χ0) is 18.1. The molecule has 1 aromatic carbocycles. The number of benzene rings is 1. The van der Waals surface area contributed by atoms with Crippen molar-refractivity contribution in [3.05, 3.63) is 53.0 Å². The minimum absolute atomic E-state index is 0.121. The van der Waals surface area contributed by atoms with E-state index in [1.54, 1.807) is 4.68 Å². The van der Waals surface area contributed by atoms with Gasteiger partial charge in [0.2, 0.25) is 11.8 Å². The van der Waals surface area contributed by atoms with Gasteiger partial charge < -0.3 is 9.32 Å². The smallest absolute Gasteiger partial charge is 0.265 e. The Hall–Kier alpha value is -2.96. The highest BCUT2D eigenvalue weighted by Crippen LogP contribution is 2.21. The number of nitrogens with zero attached hydrogens (tertiary/aromatic N) is 5. The second-order valence-corrected chi connectivity index (χ2v) is 6.63. The maximum absolute atomic E-state index is 12.5. The van der Waals surface area contributed by atoms with Crippen LogP contribution in [-0.2, 0) is 31.2 Å². The summed E-state index contributed by atoms with van der Waals surface area (Å²) >= 11 is 0. The Morgan fingerprint density at radius 2 is 2.04 bits per heavy atom. The summed E-state index contributed by atoms with van der Waals surface area (Å²) in [6, 6.07) is 10.2. The highest BCUT2D eigenvalue weighted by atomic mass is 16.4. The molecule has 26 heavy (non-hydrogen) atoms. The van der Waals surface area contributed by atoms with Crippen molar-refractivity contribution < 1.29 is 9.21 Å². The average Bonchev–Trinajstić information content (AvgIpc) is 3.25. The van der Waals surface area contributed by atoms with E-state index in [9.17, 15) is 4.79 Å². The van der Waals surface area contributed by atoms with Crippen molar-refractivity contribution in [2.75, 3.05) is 6.54 Å². The fourth-order valence-corrected chi connectivity index (χ4v) is 3.35. The Bertz CT molecular complexity index is 943. The van der Waals surface area contributed by atoms with Gasteiger partial charge in [-0.2, -0.15) is 5.10 Å². The third-order valence-electron chi connectivity index (χ3n) is 4.72. The van der Waals surface area contributed by atoms with Crippen LogP contribution in [0.1, 0.15) is 29.1 Å². The van der Waals surface area contributed by atoms with Crippen molar-refractivity contribution in [2.24, 2.45) is 7.05 Å². The van der Waals surface area contributed by atoms with Crippen LogP contribution < -0.4 is 0 Å². The van der Waals surface area contributed by atoms with Crippen LogP contribution in [0.15, 0.2) is 34.7 Å². The molecule has 0 fully saturated rings. The van der Waals surface area contributed by atoms with Gasteiger partial charge in [-0.3, -0.25) is 9.48 Å². The molecule has 3 heterocycles. The lowest BCUT2D eigenvalue weighted by Gasteiger charge is -2.28. The second-order valence-electron chi connectivity index (χ2n) is 6.63. The maximum Gasteiger partial charge on any atom is 0.265 e. The predicted molar refractivity (Wildman–Crippen MR) is 95.1 cm³/mol. The molecule has 7 heteroatoms. The molecule has 0 radical (unpaired) electrons. The Labute approximate surface area is 151 Å². The second kappa shape index (κ2) is 6.74. The van der Waals surface area contributed by atoms with E-state index in [2.05, 4.69) is 27.4 Å². The highest BCUT2D eigenvalue weighted by Gasteiger charge is 2.21. The third kappa shape index (κ3) is 3.24. The number of fused-ring (bicyclic) bond motifs is 1. The standard InChI is InChI=1S/C19H21N5O2/c1-13-11-16(23(2)22-13)19-21-20-17(26-19)7-8-18(25)24-10-9-14-5-3-4-6-15(14)12-24/h3-6,11H,7-10,12H2,1-2H3. The number of amides is 1. The maximum atomic E-state index is 12.5. The third-order valence-corrected chi connectivity index (χ3v) is 4.72. The average molecular weight is 351 g/mol. The summed E-state index contributed by atoms with van der Waals surface area (Å²) in [6.07, 6.45) is 1.72. The first-order chi connectivity index (χ1) is 12.6. The summed E-state index contributed by atoms with van der Waals surface area (Å²) in [5, 5.41) is 12.4. The first-order valence-electron chi connectivity index (χ1n) is 8.78. The lowest BCUT2D eigenvalue weighted by Crippen LogP contribution is -2.36. The van der Waals surface area contributed by atoms with Crippen LogP contribution in [0.5, 0.6) is 0 Å². The van der Waals surface area contributed by atoms with E-state index < -0.39 is 0 Å². The van der Waals surface area contributed by atoms with Gasteiger partial charge in [-0.05, 0) is 30.5 Å². The molecule has 134 valence electrons. The van der Waals surface area contributed by atoms with Crippen LogP contribution in [0.25, 0.3) is 11.6 Å². The Morgan fingerprint density at radius 1 is 1.23 bits per heavy atom. The number of carbonyl (C=O) groups is 1. The zero-order valence-corrected chi connectivity index (χ0v) is 15.0. The largest absolute Gasteiger partial charge is 0.419 e. The molecule has 2 aromatic heterocycles. The first-order valence-corrected chi connectivity index (χ1v) is 8.78. The Balaban J connectivity index is 1.38. The van der Waals surface area contributed by atoms with Crippen LogP contribution in [-0.4, -0.2) is 37.3 Å². The summed E-state index contributed by atoms with van der Waals surface area (Å²) in [5.74, 6) is 1.03. The van der Waals surface area contributed by atoms with Gasteiger partial charge in [0.05, 0.1) is 5.69 Å². The molecule has 0 N–H and O–H groups in total. The van der Waals surface area contributed by atoms with Crippen LogP contribution >= 0.6 is 0 Å². The van der Waals surface area contributed by atoms with Crippen molar-refractivity contribution in [1.82, 2.24) is 24.9 Å². The molecule has 1 amide bonds. The van der Waals surface area contributed by atoms with Crippen molar-refractivity contribution >= 4 is 5.91 Å². The summed E-state index contributed by atoms with van der Waals surface area (Å²) < 4.78 is 7.42. The molecular formula is C19H21N5O2. The quantitative estimate of drug-likeness (QED) is 0.721.